The van der Waals surface area contributed by atoms with E-state index >= 15 is 0 Å². The molecule has 0 bridgehead atoms. The first-order chi connectivity index (χ1) is 9.65. The quantitative estimate of drug-likeness (QED) is 0.855. The first kappa shape index (κ1) is 13.5. The van der Waals surface area contributed by atoms with E-state index in [0.29, 0.717) is 16.1 Å². The molecule has 1 aromatic heterocycles. The van der Waals surface area contributed by atoms with Gasteiger partial charge in [0.2, 0.25) is 0 Å². The van der Waals surface area contributed by atoms with Gasteiger partial charge in [0.05, 0.1) is 12.8 Å². The molecule has 2 aromatic rings. The van der Waals surface area contributed by atoms with Gasteiger partial charge in [-0.1, -0.05) is 23.8 Å². The lowest BCUT2D eigenvalue weighted by molar-refractivity contribution is 0.501. The fraction of sp³-hybridized carbons (Fsp3) is 0.267. The van der Waals surface area contributed by atoms with Gasteiger partial charge in [0, 0.05) is 22.3 Å². The van der Waals surface area contributed by atoms with Gasteiger partial charge in [0.25, 0.3) is 0 Å². The zero-order valence-electron chi connectivity index (χ0n) is 10.9. The number of nitrogens with zero attached hydrogens (tertiary/aromatic N) is 1. The Morgan fingerprint density at radius 2 is 2.20 bits per heavy atom. The molecule has 1 heterocycles. The van der Waals surface area contributed by atoms with Crippen LogP contribution in [-0.2, 0) is 6.54 Å². The molecule has 1 aromatic carbocycles. The summed E-state index contributed by atoms with van der Waals surface area (Å²) >= 11 is 11.2. The zero-order chi connectivity index (χ0) is 14.1. The maximum atomic E-state index is 6.05. The van der Waals surface area contributed by atoms with Crippen molar-refractivity contribution in [2.75, 3.05) is 4.90 Å². The summed E-state index contributed by atoms with van der Waals surface area (Å²) in [7, 11) is 0. The second-order valence-electron chi connectivity index (χ2n) is 4.96. The molecule has 0 radical (unpaired) electrons. The number of rotatable bonds is 5. The summed E-state index contributed by atoms with van der Waals surface area (Å²) in [5, 5.41) is 0.644. The van der Waals surface area contributed by atoms with E-state index in [1.54, 1.807) is 6.26 Å². The highest BCUT2D eigenvalue weighted by Gasteiger charge is 2.31. The van der Waals surface area contributed by atoms with E-state index in [1.807, 2.05) is 30.3 Å². The van der Waals surface area contributed by atoms with Crippen molar-refractivity contribution in [3.05, 3.63) is 52.9 Å². The van der Waals surface area contributed by atoms with Gasteiger partial charge in [-0.3, -0.25) is 0 Å². The van der Waals surface area contributed by atoms with Gasteiger partial charge in [-0.05, 0) is 43.2 Å². The molecule has 2 N–H and O–H groups in total. The predicted octanol–water partition coefficient (Wildman–Crippen LogP) is 3.74. The maximum absolute atomic E-state index is 6.05. The van der Waals surface area contributed by atoms with Crippen LogP contribution in [0.15, 0.2) is 41.0 Å². The molecule has 3 nitrogen and oxygen atoms in total. The molecule has 1 aliphatic rings. The Bertz CT molecular complexity index is 623. The molecule has 104 valence electrons. The summed E-state index contributed by atoms with van der Waals surface area (Å²) in [6, 6.07) is 10.1. The topological polar surface area (TPSA) is 42.4 Å². The monoisotopic (exact) mass is 306 g/mol. The minimum atomic E-state index is 0.368. The second-order valence-corrected chi connectivity index (χ2v) is 5.84. The van der Waals surface area contributed by atoms with E-state index in [9.17, 15) is 0 Å². The van der Waals surface area contributed by atoms with Crippen molar-refractivity contribution in [2.24, 2.45) is 5.73 Å². The summed E-state index contributed by atoms with van der Waals surface area (Å²) in [6.07, 6.45) is 4.05. The molecule has 1 saturated carbocycles. The molecule has 1 fully saturated rings. The number of anilines is 1. The lowest BCUT2D eigenvalue weighted by atomic mass is 10.1. The van der Waals surface area contributed by atoms with Gasteiger partial charge in [-0.2, -0.15) is 0 Å². The van der Waals surface area contributed by atoms with Crippen LogP contribution >= 0.6 is 23.8 Å². The molecular weight excluding hydrogens is 292 g/mol. The minimum absolute atomic E-state index is 0.368. The van der Waals surface area contributed by atoms with Gasteiger partial charge in [-0.25, -0.2) is 0 Å². The highest BCUT2D eigenvalue weighted by molar-refractivity contribution is 7.80. The van der Waals surface area contributed by atoms with Crippen LogP contribution in [0.3, 0.4) is 0 Å². The Morgan fingerprint density at radius 1 is 1.40 bits per heavy atom. The summed E-state index contributed by atoms with van der Waals surface area (Å²) in [4.78, 5) is 2.66. The first-order valence-electron chi connectivity index (χ1n) is 6.53. The van der Waals surface area contributed by atoms with E-state index in [-0.39, 0.29) is 0 Å². The Morgan fingerprint density at radius 3 is 2.80 bits per heavy atom. The first-order valence-corrected chi connectivity index (χ1v) is 7.32. The van der Waals surface area contributed by atoms with Gasteiger partial charge in [-0.15, -0.1) is 0 Å². The molecule has 0 spiro atoms. The van der Waals surface area contributed by atoms with Gasteiger partial charge >= 0.3 is 0 Å². The molecule has 3 rings (SSSR count). The van der Waals surface area contributed by atoms with Gasteiger partial charge < -0.3 is 15.1 Å². The summed E-state index contributed by atoms with van der Waals surface area (Å²) in [5.74, 6) is 0.931. The van der Waals surface area contributed by atoms with Crippen LogP contribution in [0, 0.1) is 0 Å². The van der Waals surface area contributed by atoms with Crippen LogP contribution in [-0.4, -0.2) is 11.0 Å². The third-order valence-corrected chi connectivity index (χ3v) is 3.88. The molecule has 0 saturated heterocycles. The normalized spacial score (nSPS) is 14.2. The van der Waals surface area contributed by atoms with Crippen LogP contribution in [0.4, 0.5) is 5.69 Å². The lowest BCUT2D eigenvalue weighted by Crippen LogP contribution is -2.27. The van der Waals surface area contributed by atoms with E-state index in [4.69, 9.17) is 34.0 Å². The fourth-order valence-electron chi connectivity index (χ4n) is 2.32. The van der Waals surface area contributed by atoms with Gasteiger partial charge in [0.1, 0.15) is 10.7 Å². The summed E-state index contributed by atoms with van der Waals surface area (Å²) in [5.41, 5.74) is 7.69. The summed E-state index contributed by atoms with van der Waals surface area (Å²) in [6.45, 7) is 0.717. The van der Waals surface area contributed by atoms with Crippen molar-refractivity contribution in [3.8, 4) is 0 Å². The zero-order valence-corrected chi connectivity index (χ0v) is 12.5. The molecule has 5 heteroatoms. The highest BCUT2D eigenvalue weighted by Crippen LogP contribution is 2.36. The number of halogens is 1. The number of nitrogens with two attached hydrogens (primary N) is 1. The number of benzene rings is 1. The van der Waals surface area contributed by atoms with E-state index in [2.05, 4.69) is 4.90 Å². The Labute approximate surface area is 128 Å². The maximum Gasteiger partial charge on any atom is 0.123 e. The Hall–Kier alpha value is -1.52. The Kier molecular flexibility index (Phi) is 3.68. The molecule has 0 amide bonds. The lowest BCUT2D eigenvalue weighted by Gasteiger charge is -2.26. The fourth-order valence-corrected chi connectivity index (χ4v) is 2.66. The number of furan rings is 1. The third kappa shape index (κ3) is 2.81. The van der Waals surface area contributed by atoms with Crippen molar-refractivity contribution >= 4 is 34.5 Å². The molecule has 0 atom stereocenters. The minimum Gasteiger partial charge on any atom is -0.467 e. The average molecular weight is 307 g/mol. The van der Waals surface area contributed by atoms with E-state index < -0.39 is 0 Å². The van der Waals surface area contributed by atoms with Crippen molar-refractivity contribution in [3.63, 3.8) is 0 Å². The standard InChI is InChI=1S/C15H15ClN2OS/c16-10-3-6-14(13(8-10)15(17)20)18(11-4-5-11)9-12-2-1-7-19-12/h1-3,6-8,11H,4-5,9H2,(H2,17,20). The van der Waals surface area contributed by atoms with Crippen molar-refractivity contribution in [2.45, 2.75) is 25.4 Å². The van der Waals surface area contributed by atoms with Crippen molar-refractivity contribution < 1.29 is 4.42 Å². The predicted molar refractivity (Wildman–Crippen MR) is 85.3 cm³/mol. The number of hydrogen-bond donors (Lipinski definition) is 1. The smallest absolute Gasteiger partial charge is 0.123 e. The molecule has 0 unspecified atom stereocenters. The molecule has 20 heavy (non-hydrogen) atoms. The van der Waals surface area contributed by atoms with Gasteiger partial charge in [0.15, 0.2) is 0 Å². The SMILES string of the molecule is NC(=S)c1cc(Cl)ccc1N(Cc1ccco1)C1CC1. The third-order valence-electron chi connectivity index (χ3n) is 3.43. The molecule has 0 aliphatic heterocycles. The van der Waals surface area contributed by atoms with Crippen LogP contribution in [0.2, 0.25) is 5.02 Å². The van der Waals surface area contributed by atoms with E-state index in [0.717, 1.165) is 23.6 Å². The largest absolute Gasteiger partial charge is 0.467 e. The highest BCUT2D eigenvalue weighted by atomic mass is 35.5. The van der Waals surface area contributed by atoms with Crippen LogP contribution < -0.4 is 10.6 Å². The van der Waals surface area contributed by atoms with Crippen molar-refractivity contribution in [1.29, 1.82) is 0 Å². The van der Waals surface area contributed by atoms with Crippen LogP contribution in [0.25, 0.3) is 0 Å². The molecule has 1 aliphatic carbocycles. The number of hydrogen-bond acceptors (Lipinski definition) is 3. The van der Waals surface area contributed by atoms with E-state index in [1.165, 1.54) is 12.8 Å². The molecular formula is C15H15ClN2OS. The second kappa shape index (κ2) is 5.46. The van der Waals surface area contributed by atoms with Crippen LogP contribution in [0.1, 0.15) is 24.2 Å². The average Bonchev–Trinajstić information content (AvgIpc) is 3.13. The summed E-state index contributed by atoms with van der Waals surface area (Å²) < 4.78 is 5.46. The van der Waals surface area contributed by atoms with Crippen LogP contribution in [0.5, 0.6) is 0 Å². The number of thiocarbonyl (C=S) groups is 1. The Balaban J connectivity index is 1.97. The van der Waals surface area contributed by atoms with Crippen molar-refractivity contribution in [1.82, 2.24) is 0 Å².